The van der Waals surface area contributed by atoms with Crippen LogP contribution in [-0.4, -0.2) is 25.7 Å². The molecule has 7 heteroatoms. The highest BCUT2D eigenvalue weighted by Gasteiger charge is 2.45. The minimum Gasteiger partial charge on any atom is -0.345 e. The summed E-state index contributed by atoms with van der Waals surface area (Å²) in [5.74, 6) is 0.248. The topological polar surface area (TPSA) is 85.0 Å². The quantitative estimate of drug-likeness (QED) is 0.566. The van der Waals surface area contributed by atoms with E-state index in [9.17, 15) is 4.79 Å². The molecule has 0 bridgehead atoms. The lowest BCUT2D eigenvalue weighted by Gasteiger charge is -2.16. The molecule has 0 amide bonds. The fourth-order valence-electron chi connectivity index (χ4n) is 2.76. The highest BCUT2D eigenvalue weighted by molar-refractivity contribution is 6.09. The fourth-order valence-corrected chi connectivity index (χ4v) is 2.76. The number of aromatic nitrogens is 4. The zero-order valence-corrected chi connectivity index (χ0v) is 13.8. The lowest BCUT2D eigenvalue weighted by atomic mass is 10.1. The van der Waals surface area contributed by atoms with Gasteiger partial charge in [0.05, 0.1) is 17.7 Å². The summed E-state index contributed by atoms with van der Waals surface area (Å²) >= 11 is 0. The van der Waals surface area contributed by atoms with Crippen molar-refractivity contribution in [1.29, 1.82) is 0 Å². The van der Waals surface area contributed by atoms with Crippen LogP contribution in [0.3, 0.4) is 0 Å². The molecule has 0 spiro atoms. The third-order valence-corrected chi connectivity index (χ3v) is 4.37. The van der Waals surface area contributed by atoms with E-state index in [0.29, 0.717) is 22.8 Å². The maximum absolute atomic E-state index is 12.5. The lowest BCUT2D eigenvalue weighted by Crippen LogP contribution is -2.21. The Morgan fingerprint density at radius 1 is 1.08 bits per heavy atom. The number of benzene rings is 1. The van der Waals surface area contributed by atoms with Gasteiger partial charge in [0.15, 0.2) is 11.5 Å². The SMILES string of the molecule is [C-]#[N+]c1cccc(C(=O)c2cnc(NC3(c4cncnc4)CC3)nc2)c1. The van der Waals surface area contributed by atoms with Crippen LogP contribution in [0.1, 0.15) is 34.3 Å². The summed E-state index contributed by atoms with van der Waals surface area (Å²) in [4.78, 5) is 32.5. The van der Waals surface area contributed by atoms with E-state index in [0.717, 1.165) is 18.4 Å². The molecule has 3 aromatic rings. The fraction of sp³-hybridized carbons (Fsp3) is 0.158. The number of nitrogens with zero attached hydrogens (tertiary/aromatic N) is 5. The van der Waals surface area contributed by atoms with Gasteiger partial charge in [0, 0.05) is 35.9 Å². The van der Waals surface area contributed by atoms with Crippen molar-refractivity contribution in [3.63, 3.8) is 0 Å². The van der Waals surface area contributed by atoms with Crippen LogP contribution in [-0.2, 0) is 5.54 Å². The van der Waals surface area contributed by atoms with Gasteiger partial charge in [-0.3, -0.25) is 4.79 Å². The summed E-state index contributed by atoms with van der Waals surface area (Å²) in [5.41, 5.74) is 2.03. The molecule has 0 radical (unpaired) electrons. The van der Waals surface area contributed by atoms with Gasteiger partial charge in [-0.15, -0.1) is 0 Å². The van der Waals surface area contributed by atoms with Crippen LogP contribution in [0, 0.1) is 6.57 Å². The van der Waals surface area contributed by atoms with Gasteiger partial charge in [-0.05, 0) is 18.9 Å². The summed E-state index contributed by atoms with van der Waals surface area (Å²) in [7, 11) is 0. The number of ketones is 1. The smallest absolute Gasteiger partial charge is 0.223 e. The van der Waals surface area contributed by atoms with E-state index in [1.165, 1.54) is 18.7 Å². The van der Waals surface area contributed by atoms with E-state index in [1.54, 1.807) is 36.7 Å². The lowest BCUT2D eigenvalue weighted by molar-refractivity contribution is 0.103. The average molecular weight is 342 g/mol. The zero-order chi connectivity index (χ0) is 18.0. The minimum absolute atomic E-state index is 0.209. The van der Waals surface area contributed by atoms with Crippen LogP contribution in [0.4, 0.5) is 11.6 Å². The molecule has 2 heterocycles. The Hall–Kier alpha value is -3.66. The van der Waals surface area contributed by atoms with E-state index in [4.69, 9.17) is 6.57 Å². The number of carbonyl (C=O) groups excluding carboxylic acids is 1. The van der Waals surface area contributed by atoms with Crippen molar-refractivity contribution in [3.8, 4) is 0 Å². The summed E-state index contributed by atoms with van der Waals surface area (Å²) in [6.07, 6.45) is 9.98. The van der Waals surface area contributed by atoms with Crippen molar-refractivity contribution in [2.24, 2.45) is 0 Å². The van der Waals surface area contributed by atoms with Gasteiger partial charge in [-0.2, -0.15) is 0 Å². The maximum atomic E-state index is 12.5. The predicted molar refractivity (Wildman–Crippen MR) is 94.7 cm³/mol. The zero-order valence-electron chi connectivity index (χ0n) is 13.8. The number of carbonyl (C=O) groups is 1. The van der Waals surface area contributed by atoms with Crippen LogP contribution in [0.15, 0.2) is 55.4 Å². The van der Waals surface area contributed by atoms with Crippen molar-refractivity contribution in [2.45, 2.75) is 18.4 Å². The molecule has 0 saturated heterocycles. The molecular weight excluding hydrogens is 328 g/mol. The first-order chi connectivity index (χ1) is 12.7. The Kier molecular flexibility index (Phi) is 3.86. The molecule has 1 aliphatic rings. The first kappa shape index (κ1) is 15.8. The molecule has 1 N–H and O–H groups in total. The average Bonchev–Trinajstić information content (AvgIpc) is 3.49. The number of hydrogen-bond donors (Lipinski definition) is 1. The second-order valence-electron chi connectivity index (χ2n) is 6.12. The Morgan fingerprint density at radius 3 is 2.46 bits per heavy atom. The molecule has 1 saturated carbocycles. The first-order valence-electron chi connectivity index (χ1n) is 8.08. The molecule has 7 nitrogen and oxygen atoms in total. The van der Waals surface area contributed by atoms with Gasteiger partial charge in [0.25, 0.3) is 0 Å². The largest absolute Gasteiger partial charge is 0.345 e. The summed E-state index contributed by atoms with van der Waals surface area (Å²) in [6, 6.07) is 6.60. The second kappa shape index (κ2) is 6.33. The van der Waals surface area contributed by atoms with Crippen LogP contribution in [0.5, 0.6) is 0 Å². The van der Waals surface area contributed by atoms with Crippen molar-refractivity contribution in [1.82, 2.24) is 19.9 Å². The highest BCUT2D eigenvalue weighted by Crippen LogP contribution is 2.47. The van der Waals surface area contributed by atoms with E-state index < -0.39 is 0 Å². The molecule has 0 atom stereocenters. The van der Waals surface area contributed by atoms with Crippen molar-refractivity contribution >= 4 is 17.4 Å². The predicted octanol–water partition coefficient (Wildman–Crippen LogP) is 3.15. The maximum Gasteiger partial charge on any atom is 0.223 e. The Morgan fingerprint density at radius 2 is 1.81 bits per heavy atom. The van der Waals surface area contributed by atoms with E-state index in [1.807, 2.05) is 0 Å². The van der Waals surface area contributed by atoms with E-state index >= 15 is 0 Å². The Labute approximate surface area is 150 Å². The summed E-state index contributed by atoms with van der Waals surface area (Å²) < 4.78 is 0. The summed E-state index contributed by atoms with van der Waals surface area (Å²) in [6.45, 7) is 7.05. The molecule has 4 rings (SSSR count). The Balaban J connectivity index is 1.52. The van der Waals surface area contributed by atoms with Gasteiger partial charge in [0.2, 0.25) is 5.95 Å². The number of rotatable bonds is 5. The van der Waals surface area contributed by atoms with Gasteiger partial charge in [-0.25, -0.2) is 24.8 Å². The highest BCUT2D eigenvalue weighted by atomic mass is 16.1. The molecule has 126 valence electrons. The van der Waals surface area contributed by atoms with Crippen LogP contribution in [0.2, 0.25) is 0 Å². The molecule has 1 fully saturated rings. The van der Waals surface area contributed by atoms with Gasteiger partial charge in [-0.1, -0.05) is 18.2 Å². The minimum atomic E-state index is -0.225. The van der Waals surface area contributed by atoms with Crippen LogP contribution < -0.4 is 5.32 Å². The first-order valence-corrected chi connectivity index (χ1v) is 8.08. The molecule has 1 aromatic carbocycles. The monoisotopic (exact) mass is 342 g/mol. The molecule has 1 aliphatic carbocycles. The number of nitrogens with one attached hydrogen (secondary N) is 1. The van der Waals surface area contributed by atoms with E-state index in [-0.39, 0.29) is 11.3 Å². The molecular formula is C19H14N6O. The number of hydrogen-bond acceptors (Lipinski definition) is 6. The normalized spacial score (nSPS) is 14.3. The van der Waals surface area contributed by atoms with E-state index in [2.05, 4.69) is 30.1 Å². The van der Waals surface area contributed by atoms with Gasteiger partial charge >= 0.3 is 0 Å². The summed E-state index contributed by atoms with van der Waals surface area (Å²) in [5, 5.41) is 3.32. The molecule has 0 aliphatic heterocycles. The third-order valence-electron chi connectivity index (χ3n) is 4.37. The third kappa shape index (κ3) is 3.00. The standard InChI is InChI=1S/C19H14N6O/c1-20-16-4-2-3-13(7-16)17(26)14-8-23-18(24-9-14)25-19(5-6-19)15-10-21-12-22-11-15/h2-4,7-12H,5-6H2,(H,23,24,25). The van der Waals surface area contributed by atoms with Crippen LogP contribution >= 0.6 is 0 Å². The molecule has 26 heavy (non-hydrogen) atoms. The van der Waals surface area contributed by atoms with Crippen molar-refractivity contribution < 1.29 is 4.79 Å². The van der Waals surface area contributed by atoms with Crippen molar-refractivity contribution in [2.75, 3.05) is 5.32 Å². The molecule has 0 unspecified atom stereocenters. The second-order valence-corrected chi connectivity index (χ2v) is 6.12. The van der Waals surface area contributed by atoms with Crippen LogP contribution in [0.25, 0.3) is 4.85 Å². The van der Waals surface area contributed by atoms with Gasteiger partial charge < -0.3 is 5.32 Å². The molecule has 2 aromatic heterocycles. The van der Waals surface area contributed by atoms with Gasteiger partial charge in [0.1, 0.15) is 6.33 Å². The Bertz CT molecular complexity index is 991. The van der Waals surface area contributed by atoms with Crippen molar-refractivity contribution in [3.05, 3.63) is 83.5 Å². The number of anilines is 1.